The van der Waals surface area contributed by atoms with Crippen LogP contribution in [0.1, 0.15) is 26.0 Å². The third kappa shape index (κ3) is 6.41. The second kappa shape index (κ2) is 9.89. The molecule has 1 aromatic heterocycles. The fourth-order valence-corrected chi connectivity index (χ4v) is 3.76. The van der Waals surface area contributed by atoms with Gasteiger partial charge < -0.3 is 10.3 Å². The molecule has 1 amide bonds. The van der Waals surface area contributed by atoms with Crippen LogP contribution in [0.5, 0.6) is 0 Å². The molecule has 2 N–H and O–H groups in total. The lowest BCUT2D eigenvalue weighted by Crippen LogP contribution is -2.23. The highest BCUT2D eigenvalue weighted by atomic mass is 35.5. The van der Waals surface area contributed by atoms with Gasteiger partial charge in [0.25, 0.3) is 5.56 Å². The number of carbonyl (C=O) groups excluding carboxylic acids is 1. The molecular weight excluding hydrogens is 378 g/mol. The number of benzene rings is 1. The third-order valence-electron chi connectivity index (χ3n) is 3.16. The van der Waals surface area contributed by atoms with Gasteiger partial charge in [-0.2, -0.15) is 11.8 Å². The molecule has 25 heavy (non-hydrogen) atoms. The van der Waals surface area contributed by atoms with E-state index in [1.165, 1.54) is 17.8 Å². The van der Waals surface area contributed by atoms with Gasteiger partial charge in [-0.1, -0.05) is 42.4 Å². The predicted octanol–water partition coefficient (Wildman–Crippen LogP) is 4.19. The number of amides is 1. The van der Waals surface area contributed by atoms with Gasteiger partial charge in [-0.25, -0.2) is 4.98 Å². The van der Waals surface area contributed by atoms with Crippen LogP contribution in [-0.2, 0) is 10.5 Å². The van der Waals surface area contributed by atoms with Gasteiger partial charge in [-0.15, -0.1) is 0 Å². The number of aromatic nitrogens is 2. The van der Waals surface area contributed by atoms with Crippen LogP contribution >= 0.6 is 35.1 Å². The molecule has 8 heteroatoms. The number of nitrogens with one attached hydrogen (secondary N) is 2. The monoisotopic (exact) mass is 397 g/mol. The quantitative estimate of drug-likeness (QED) is 0.397. The SMILES string of the molecule is CCCSCc1cc(=O)[nH]c(SC(C)C(=O)Nc2ccccc2Cl)n1. The number of nitrogens with zero attached hydrogens (tertiary/aromatic N) is 1. The number of thioether (sulfide) groups is 2. The summed E-state index contributed by atoms with van der Waals surface area (Å²) in [6, 6.07) is 8.55. The Kier molecular flexibility index (Phi) is 7.87. The van der Waals surface area contributed by atoms with Crippen LogP contribution in [0, 0.1) is 0 Å². The van der Waals surface area contributed by atoms with Crippen molar-refractivity contribution in [1.82, 2.24) is 9.97 Å². The second-order valence-electron chi connectivity index (χ2n) is 5.32. The van der Waals surface area contributed by atoms with E-state index in [0.29, 0.717) is 21.6 Å². The Morgan fingerprint density at radius 2 is 2.16 bits per heavy atom. The summed E-state index contributed by atoms with van der Waals surface area (Å²) in [6.07, 6.45) is 1.08. The third-order valence-corrected chi connectivity index (χ3v) is 5.67. The van der Waals surface area contributed by atoms with Gasteiger partial charge in [0.2, 0.25) is 5.91 Å². The summed E-state index contributed by atoms with van der Waals surface area (Å²) in [6.45, 7) is 3.87. The molecule has 2 aromatic rings. The van der Waals surface area contributed by atoms with Crippen molar-refractivity contribution in [3.8, 4) is 0 Å². The molecule has 1 unspecified atom stereocenters. The maximum Gasteiger partial charge on any atom is 0.251 e. The van der Waals surface area contributed by atoms with E-state index in [1.807, 2.05) is 0 Å². The van der Waals surface area contributed by atoms with Crippen molar-refractivity contribution in [3.05, 3.63) is 51.4 Å². The normalized spacial score (nSPS) is 12.0. The summed E-state index contributed by atoms with van der Waals surface area (Å²) in [5.41, 5.74) is 1.08. The van der Waals surface area contributed by atoms with Gasteiger partial charge in [0, 0.05) is 11.8 Å². The lowest BCUT2D eigenvalue weighted by molar-refractivity contribution is -0.115. The topological polar surface area (TPSA) is 74.8 Å². The van der Waals surface area contributed by atoms with Crippen LogP contribution in [0.15, 0.2) is 40.3 Å². The number of anilines is 1. The average Bonchev–Trinajstić information content (AvgIpc) is 2.56. The minimum Gasteiger partial charge on any atom is -0.324 e. The van der Waals surface area contributed by atoms with Crippen LogP contribution in [0.25, 0.3) is 0 Å². The van der Waals surface area contributed by atoms with Crippen molar-refractivity contribution in [2.45, 2.75) is 36.4 Å². The molecule has 0 bridgehead atoms. The molecule has 0 aliphatic heterocycles. The molecule has 0 radical (unpaired) electrons. The number of hydrogen-bond donors (Lipinski definition) is 2. The highest BCUT2D eigenvalue weighted by molar-refractivity contribution is 8.00. The van der Waals surface area contributed by atoms with Crippen LogP contribution < -0.4 is 10.9 Å². The number of aromatic amines is 1. The molecule has 5 nitrogen and oxygen atoms in total. The van der Waals surface area contributed by atoms with E-state index >= 15 is 0 Å². The van der Waals surface area contributed by atoms with Gasteiger partial charge in [0.05, 0.1) is 21.7 Å². The van der Waals surface area contributed by atoms with Gasteiger partial charge in [0.1, 0.15) is 0 Å². The van der Waals surface area contributed by atoms with Crippen molar-refractivity contribution in [3.63, 3.8) is 0 Å². The molecular formula is C17H20ClN3O2S2. The first-order chi connectivity index (χ1) is 12.0. The largest absolute Gasteiger partial charge is 0.324 e. The highest BCUT2D eigenvalue weighted by Gasteiger charge is 2.17. The Balaban J connectivity index is 2.01. The number of rotatable bonds is 8. The predicted molar refractivity (Wildman–Crippen MR) is 107 cm³/mol. The molecule has 0 saturated carbocycles. The molecule has 1 atom stereocenters. The van der Waals surface area contributed by atoms with Gasteiger partial charge >= 0.3 is 0 Å². The van der Waals surface area contributed by atoms with Gasteiger partial charge in [-0.05, 0) is 31.2 Å². The molecule has 0 fully saturated rings. The smallest absolute Gasteiger partial charge is 0.251 e. The van der Waals surface area contributed by atoms with Crippen LogP contribution in [0.4, 0.5) is 5.69 Å². The Morgan fingerprint density at radius 3 is 2.88 bits per heavy atom. The summed E-state index contributed by atoms with van der Waals surface area (Å²) in [7, 11) is 0. The maximum atomic E-state index is 12.3. The first-order valence-corrected chi connectivity index (χ1v) is 10.3. The Bertz CT molecular complexity index is 782. The van der Waals surface area contributed by atoms with E-state index in [-0.39, 0.29) is 11.5 Å². The van der Waals surface area contributed by atoms with Gasteiger partial charge in [0.15, 0.2) is 5.16 Å². The van der Waals surface area contributed by atoms with E-state index in [9.17, 15) is 9.59 Å². The van der Waals surface area contributed by atoms with Gasteiger partial charge in [-0.3, -0.25) is 9.59 Å². The molecule has 0 saturated heterocycles. The zero-order chi connectivity index (χ0) is 18.2. The van der Waals surface area contributed by atoms with Crippen molar-refractivity contribution in [1.29, 1.82) is 0 Å². The molecule has 0 aliphatic carbocycles. The number of H-pyrrole nitrogens is 1. The van der Waals surface area contributed by atoms with Crippen LogP contribution in [0.3, 0.4) is 0 Å². The molecule has 2 rings (SSSR count). The molecule has 1 heterocycles. The summed E-state index contributed by atoms with van der Waals surface area (Å²) in [5, 5.41) is 3.28. The first kappa shape index (κ1) is 19.9. The summed E-state index contributed by atoms with van der Waals surface area (Å²) in [5.74, 6) is 1.51. The molecule has 0 spiro atoms. The summed E-state index contributed by atoms with van der Waals surface area (Å²) < 4.78 is 0. The Hall–Kier alpha value is -1.44. The summed E-state index contributed by atoms with van der Waals surface area (Å²) >= 11 is 9.00. The number of hydrogen-bond acceptors (Lipinski definition) is 5. The van der Waals surface area contributed by atoms with Crippen molar-refractivity contribution in [2.24, 2.45) is 0 Å². The van der Waals surface area contributed by atoms with E-state index in [1.54, 1.807) is 43.0 Å². The van der Waals surface area contributed by atoms with Crippen molar-refractivity contribution in [2.75, 3.05) is 11.1 Å². The fraction of sp³-hybridized carbons (Fsp3) is 0.353. The maximum absolute atomic E-state index is 12.3. The summed E-state index contributed by atoms with van der Waals surface area (Å²) in [4.78, 5) is 31.2. The van der Waals surface area contributed by atoms with E-state index in [0.717, 1.165) is 17.9 Å². The zero-order valence-corrected chi connectivity index (χ0v) is 16.4. The minimum absolute atomic E-state index is 0.202. The van der Waals surface area contributed by atoms with Crippen LogP contribution in [0.2, 0.25) is 5.02 Å². The molecule has 0 aliphatic rings. The molecule has 1 aromatic carbocycles. The van der Waals surface area contributed by atoms with Crippen LogP contribution in [-0.4, -0.2) is 26.9 Å². The lowest BCUT2D eigenvalue weighted by atomic mass is 10.3. The van der Waals surface area contributed by atoms with E-state index in [2.05, 4.69) is 22.2 Å². The second-order valence-corrected chi connectivity index (χ2v) is 8.17. The minimum atomic E-state index is -0.432. The van der Waals surface area contributed by atoms with E-state index in [4.69, 9.17) is 11.6 Å². The fourth-order valence-electron chi connectivity index (χ4n) is 1.95. The number of halogens is 1. The zero-order valence-electron chi connectivity index (χ0n) is 14.0. The average molecular weight is 398 g/mol. The van der Waals surface area contributed by atoms with Crippen molar-refractivity contribution >= 4 is 46.7 Å². The molecule has 134 valence electrons. The standard InChI is InChI=1S/C17H20ClN3O2S2/c1-3-8-24-10-12-9-15(22)21-17(19-12)25-11(2)16(23)20-14-7-5-4-6-13(14)18/h4-7,9,11H,3,8,10H2,1-2H3,(H,20,23)(H,19,21,22). The van der Waals surface area contributed by atoms with E-state index < -0.39 is 5.25 Å². The lowest BCUT2D eigenvalue weighted by Gasteiger charge is -2.12. The first-order valence-electron chi connectivity index (χ1n) is 7.89. The van der Waals surface area contributed by atoms with Crippen molar-refractivity contribution < 1.29 is 4.79 Å². The number of carbonyl (C=O) groups is 1. The number of para-hydroxylation sites is 1. The highest BCUT2D eigenvalue weighted by Crippen LogP contribution is 2.24. The Labute approximate surface area is 160 Å². The Morgan fingerprint density at radius 1 is 1.40 bits per heavy atom.